The van der Waals surface area contributed by atoms with Crippen molar-refractivity contribution in [1.82, 2.24) is 4.98 Å². The molecule has 4 rings (SSSR count). The fourth-order valence-electron chi connectivity index (χ4n) is 3.17. The lowest BCUT2D eigenvalue weighted by Crippen LogP contribution is -1.95. The Hall–Kier alpha value is -1.67. The summed E-state index contributed by atoms with van der Waals surface area (Å²) in [5.41, 5.74) is 6.52. The minimum Gasteiger partial charge on any atom is -0.253 e. The zero-order chi connectivity index (χ0) is 13.5. The molecule has 0 fully saturated rings. The van der Waals surface area contributed by atoms with Gasteiger partial charge in [-0.3, -0.25) is 4.98 Å². The fraction of sp³-hybridized carbons (Fsp3) is 0.167. The summed E-state index contributed by atoms with van der Waals surface area (Å²) in [5.74, 6) is 0. The molecule has 0 amide bonds. The monoisotopic (exact) mass is 323 g/mol. The van der Waals surface area contributed by atoms with Gasteiger partial charge in [0, 0.05) is 15.6 Å². The van der Waals surface area contributed by atoms with E-state index in [-0.39, 0.29) is 0 Å². The van der Waals surface area contributed by atoms with E-state index in [1.165, 1.54) is 34.2 Å². The molecule has 2 aromatic carbocycles. The van der Waals surface area contributed by atoms with Gasteiger partial charge in [-0.05, 0) is 54.2 Å². The van der Waals surface area contributed by atoms with Gasteiger partial charge in [0.25, 0.3) is 0 Å². The van der Waals surface area contributed by atoms with Crippen molar-refractivity contribution in [3.63, 3.8) is 0 Å². The van der Waals surface area contributed by atoms with E-state index in [9.17, 15) is 0 Å². The summed E-state index contributed by atoms with van der Waals surface area (Å²) in [7, 11) is 0. The maximum Gasteiger partial charge on any atom is 0.0712 e. The lowest BCUT2D eigenvalue weighted by atomic mass is 9.95. The van der Waals surface area contributed by atoms with E-state index >= 15 is 0 Å². The number of benzene rings is 2. The lowest BCUT2D eigenvalue weighted by molar-refractivity contribution is 0.901. The van der Waals surface area contributed by atoms with E-state index in [0.717, 1.165) is 22.8 Å². The normalized spacial score (nSPS) is 13.7. The van der Waals surface area contributed by atoms with Gasteiger partial charge < -0.3 is 0 Å². The zero-order valence-electron chi connectivity index (χ0n) is 11.1. The lowest BCUT2D eigenvalue weighted by Gasteiger charge is -2.13. The van der Waals surface area contributed by atoms with Crippen LogP contribution in [0.2, 0.25) is 0 Å². The summed E-state index contributed by atoms with van der Waals surface area (Å²) >= 11 is 3.59. The summed E-state index contributed by atoms with van der Waals surface area (Å²) in [5, 5.41) is 1.26. The molecule has 1 aliphatic rings. The minimum absolute atomic E-state index is 1.10. The number of fused-ring (bicyclic) bond motifs is 2. The Morgan fingerprint density at radius 3 is 2.65 bits per heavy atom. The Morgan fingerprint density at radius 2 is 1.80 bits per heavy atom. The van der Waals surface area contributed by atoms with Gasteiger partial charge in [-0.25, -0.2) is 0 Å². The van der Waals surface area contributed by atoms with Gasteiger partial charge in [0.2, 0.25) is 0 Å². The quantitative estimate of drug-likeness (QED) is 0.603. The van der Waals surface area contributed by atoms with Crippen molar-refractivity contribution in [2.45, 2.75) is 19.3 Å². The van der Waals surface area contributed by atoms with Crippen LogP contribution in [0.25, 0.3) is 22.0 Å². The highest BCUT2D eigenvalue weighted by Crippen LogP contribution is 2.37. The maximum atomic E-state index is 4.86. The van der Waals surface area contributed by atoms with Gasteiger partial charge in [-0.1, -0.05) is 46.3 Å². The van der Waals surface area contributed by atoms with Crippen molar-refractivity contribution in [3.05, 3.63) is 64.3 Å². The third-order valence-corrected chi connectivity index (χ3v) is 4.53. The molecule has 0 spiro atoms. The molecule has 0 saturated heterocycles. The first kappa shape index (κ1) is 12.1. The Kier molecular flexibility index (Phi) is 2.85. The number of hydrogen-bond acceptors (Lipinski definition) is 1. The smallest absolute Gasteiger partial charge is 0.0712 e. The molecule has 0 aliphatic heterocycles. The summed E-state index contributed by atoms with van der Waals surface area (Å²) in [6.45, 7) is 0. The minimum atomic E-state index is 1.10. The van der Waals surface area contributed by atoms with Crippen LogP contribution in [0.3, 0.4) is 0 Å². The number of halogens is 1. The van der Waals surface area contributed by atoms with Crippen LogP contribution in [-0.4, -0.2) is 4.98 Å². The second kappa shape index (κ2) is 4.71. The summed E-state index contributed by atoms with van der Waals surface area (Å²) < 4.78 is 1.11. The molecule has 2 heteroatoms. The third kappa shape index (κ3) is 1.87. The Bertz CT molecular complexity index is 793. The Labute approximate surface area is 126 Å². The van der Waals surface area contributed by atoms with Crippen molar-refractivity contribution >= 4 is 26.8 Å². The third-order valence-electron chi connectivity index (χ3n) is 4.04. The van der Waals surface area contributed by atoms with E-state index < -0.39 is 0 Å². The Morgan fingerprint density at radius 1 is 0.950 bits per heavy atom. The van der Waals surface area contributed by atoms with Crippen molar-refractivity contribution < 1.29 is 0 Å². The molecule has 0 unspecified atom stereocenters. The molecule has 0 saturated carbocycles. The highest BCUT2D eigenvalue weighted by molar-refractivity contribution is 9.10. The number of rotatable bonds is 1. The van der Waals surface area contributed by atoms with E-state index in [1.54, 1.807) is 0 Å². The molecular weight excluding hydrogens is 310 g/mol. The topological polar surface area (TPSA) is 12.9 Å². The molecule has 1 aliphatic carbocycles. The first-order valence-electron chi connectivity index (χ1n) is 6.99. The average Bonchev–Trinajstić information content (AvgIpc) is 2.93. The second-order valence-electron chi connectivity index (χ2n) is 5.29. The van der Waals surface area contributed by atoms with Crippen LogP contribution in [0.4, 0.5) is 0 Å². The highest BCUT2D eigenvalue weighted by Gasteiger charge is 2.20. The first-order chi connectivity index (χ1) is 9.83. The van der Waals surface area contributed by atoms with Crippen molar-refractivity contribution in [2.75, 3.05) is 0 Å². The molecule has 3 aromatic rings. The van der Waals surface area contributed by atoms with Crippen molar-refractivity contribution in [2.24, 2.45) is 0 Å². The fourth-order valence-corrected chi connectivity index (χ4v) is 3.53. The number of aryl methyl sites for hydroxylation is 1. The van der Waals surface area contributed by atoms with Crippen LogP contribution in [0.1, 0.15) is 17.7 Å². The SMILES string of the molecule is Brc1ccc2nc3c(c(-c4ccccc4)c2c1)CCC3. The van der Waals surface area contributed by atoms with Crippen LogP contribution < -0.4 is 0 Å². The van der Waals surface area contributed by atoms with Gasteiger partial charge >= 0.3 is 0 Å². The van der Waals surface area contributed by atoms with E-state index in [1.807, 2.05) is 0 Å². The van der Waals surface area contributed by atoms with E-state index in [2.05, 4.69) is 64.5 Å². The maximum absolute atomic E-state index is 4.86. The summed E-state index contributed by atoms with van der Waals surface area (Å²) in [6, 6.07) is 17.1. The van der Waals surface area contributed by atoms with Gasteiger partial charge in [-0.15, -0.1) is 0 Å². The molecular formula is C18H14BrN. The van der Waals surface area contributed by atoms with E-state index in [4.69, 9.17) is 4.98 Å². The standard InChI is InChI=1S/C18H14BrN/c19-13-9-10-17-15(11-13)18(12-5-2-1-3-6-12)14-7-4-8-16(14)20-17/h1-3,5-6,9-11H,4,7-8H2. The highest BCUT2D eigenvalue weighted by atomic mass is 79.9. The van der Waals surface area contributed by atoms with Crippen LogP contribution in [0, 0.1) is 0 Å². The van der Waals surface area contributed by atoms with Gasteiger partial charge in [0.1, 0.15) is 0 Å². The van der Waals surface area contributed by atoms with E-state index in [0.29, 0.717) is 0 Å². The molecule has 1 aromatic heterocycles. The molecule has 0 radical (unpaired) electrons. The predicted octanol–water partition coefficient (Wildman–Crippen LogP) is 5.15. The van der Waals surface area contributed by atoms with Gasteiger partial charge in [0.15, 0.2) is 0 Å². The Balaban J connectivity index is 2.13. The zero-order valence-corrected chi connectivity index (χ0v) is 12.7. The molecule has 0 atom stereocenters. The van der Waals surface area contributed by atoms with Crippen molar-refractivity contribution in [3.8, 4) is 11.1 Å². The summed E-state index contributed by atoms with van der Waals surface area (Å²) in [4.78, 5) is 4.86. The van der Waals surface area contributed by atoms with Crippen LogP contribution in [-0.2, 0) is 12.8 Å². The molecule has 20 heavy (non-hydrogen) atoms. The summed E-state index contributed by atoms with van der Waals surface area (Å²) in [6.07, 6.45) is 3.48. The molecule has 0 bridgehead atoms. The average molecular weight is 324 g/mol. The van der Waals surface area contributed by atoms with Gasteiger partial charge in [-0.2, -0.15) is 0 Å². The van der Waals surface area contributed by atoms with Crippen LogP contribution in [0.15, 0.2) is 53.0 Å². The number of pyridine rings is 1. The molecule has 0 N–H and O–H groups in total. The van der Waals surface area contributed by atoms with Crippen LogP contribution >= 0.6 is 15.9 Å². The molecule has 1 nitrogen and oxygen atoms in total. The second-order valence-corrected chi connectivity index (χ2v) is 6.21. The number of aromatic nitrogens is 1. The largest absolute Gasteiger partial charge is 0.253 e. The predicted molar refractivity (Wildman–Crippen MR) is 86.9 cm³/mol. The number of nitrogens with zero attached hydrogens (tertiary/aromatic N) is 1. The number of hydrogen-bond donors (Lipinski definition) is 0. The van der Waals surface area contributed by atoms with Crippen LogP contribution in [0.5, 0.6) is 0 Å². The molecule has 98 valence electrons. The molecule has 1 heterocycles. The van der Waals surface area contributed by atoms with Crippen molar-refractivity contribution in [1.29, 1.82) is 0 Å². The first-order valence-corrected chi connectivity index (χ1v) is 7.79. The van der Waals surface area contributed by atoms with Gasteiger partial charge in [0.05, 0.1) is 5.52 Å².